The van der Waals surface area contributed by atoms with Crippen LogP contribution in [0.2, 0.25) is 0 Å². The standard InChI is InChI=1S/C19H22O6/c1-19(2,3)16(20)9-14(18(22)24-5)13-10-17(21)25-15-8-11(23-4)6-7-12(13)15/h6-8,10,14H,9H2,1-5H3. The van der Waals surface area contributed by atoms with Crippen molar-refractivity contribution in [1.82, 2.24) is 0 Å². The van der Waals surface area contributed by atoms with Gasteiger partial charge in [0.2, 0.25) is 0 Å². The van der Waals surface area contributed by atoms with E-state index in [1.54, 1.807) is 39.0 Å². The molecule has 2 aromatic rings. The molecule has 0 N–H and O–H groups in total. The lowest BCUT2D eigenvalue weighted by Gasteiger charge is -2.21. The Bertz CT molecular complexity index is 856. The fourth-order valence-corrected chi connectivity index (χ4v) is 2.54. The molecule has 0 spiro atoms. The van der Waals surface area contributed by atoms with Gasteiger partial charge in [0.1, 0.15) is 17.1 Å². The molecule has 0 bridgehead atoms. The normalized spacial score (nSPS) is 12.7. The lowest BCUT2D eigenvalue weighted by Crippen LogP contribution is -2.26. The number of methoxy groups -OCH3 is 2. The predicted molar refractivity (Wildman–Crippen MR) is 92.9 cm³/mol. The van der Waals surface area contributed by atoms with Crippen LogP contribution in [0.3, 0.4) is 0 Å². The molecule has 134 valence electrons. The van der Waals surface area contributed by atoms with E-state index >= 15 is 0 Å². The molecule has 0 radical (unpaired) electrons. The minimum atomic E-state index is -0.878. The van der Waals surface area contributed by atoms with Gasteiger partial charge in [-0.3, -0.25) is 9.59 Å². The minimum Gasteiger partial charge on any atom is -0.497 e. The van der Waals surface area contributed by atoms with Crippen LogP contribution >= 0.6 is 0 Å². The fourth-order valence-electron chi connectivity index (χ4n) is 2.54. The van der Waals surface area contributed by atoms with Gasteiger partial charge in [0.25, 0.3) is 0 Å². The van der Waals surface area contributed by atoms with E-state index < -0.39 is 22.9 Å². The topological polar surface area (TPSA) is 82.8 Å². The van der Waals surface area contributed by atoms with Crippen LogP contribution in [0.25, 0.3) is 11.0 Å². The van der Waals surface area contributed by atoms with Crippen molar-refractivity contribution in [3.63, 3.8) is 0 Å². The van der Waals surface area contributed by atoms with Crippen LogP contribution in [0.1, 0.15) is 38.7 Å². The number of ether oxygens (including phenoxy) is 2. The average molecular weight is 346 g/mol. The van der Waals surface area contributed by atoms with E-state index in [2.05, 4.69) is 0 Å². The first-order chi connectivity index (χ1) is 11.7. The molecule has 1 aromatic heterocycles. The molecule has 6 nitrogen and oxygen atoms in total. The minimum absolute atomic E-state index is 0.0548. The molecule has 0 amide bonds. The van der Waals surface area contributed by atoms with Gasteiger partial charge in [-0.1, -0.05) is 20.8 Å². The zero-order chi connectivity index (χ0) is 18.8. The number of Topliss-reactive ketones (excluding diaryl/α,β-unsaturated/α-hetero) is 1. The average Bonchev–Trinajstić information content (AvgIpc) is 2.56. The number of benzene rings is 1. The number of hydrogen-bond acceptors (Lipinski definition) is 6. The van der Waals surface area contributed by atoms with Gasteiger partial charge in [-0.15, -0.1) is 0 Å². The van der Waals surface area contributed by atoms with Crippen LogP contribution in [0.5, 0.6) is 5.75 Å². The lowest BCUT2D eigenvalue weighted by atomic mass is 9.82. The third kappa shape index (κ3) is 4.07. The second-order valence-corrected chi connectivity index (χ2v) is 6.84. The summed E-state index contributed by atoms with van der Waals surface area (Å²) in [4.78, 5) is 36.7. The van der Waals surface area contributed by atoms with Crippen LogP contribution in [-0.2, 0) is 14.3 Å². The van der Waals surface area contributed by atoms with E-state index in [4.69, 9.17) is 13.9 Å². The molecule has 6 heteroatoms. The Morgan fingerprint density at radius 3 is 2.40 bits per heavy atom. The molecule has 0 aliphatic rings. The van der Waals surface area contributed by atoms with Crippen molar-refractivity contribution in [3.05, 3.63) is 40.2 Å². The molecule has 0 saturated carbocycles. The summed E-state index contributed by atoms with van der Waals surface area (Å²) in [5.41, 5.74) is -0.504. The summed E-state index contributed by atoms with van der Waals surface area (Å²) in [5.74, 6) is -1.02. The highest BCUT2D eigenvalue weighted by atomic mass is 16.5. The van der Waals surface area contributed by atoms with Gasteiger partial charge in [0.05, 0.1) is 20.1 Å². The fraction of sp³-hybridized carbons (Fsp3) is 0.421. The predicted octanol–water partition coefficient (Wildman–Crippen LogP) is 3.06. The molecule has 0 saturated heterocycles. The first-order valence-electron chi connectivity index (χ1n) is 7.90. The maximum atomic E-state index is 12.5. The van der Waals surface area contributed by atoms with E-state index in [0.29, 0.717) is 22.3 Å². The van der Waals surface area contributed by atoms with Gasteiger partial charge >= 0.3 is 11.6 Å². The molecule has 0 fully saturated rings. The Morgan fingerprint density at radius 1 is 1.16 bits per heavy atom. The smallest absolute Gasteiger partial charge is 0.336 e. The number of carbonyl (C=O) groups excluding carboxylic acids is 2. The number of rotatable bonds is 5. The largest absolute Gasteiger partial charge is 0.497 e. The van der Waals surface area contributed by atoms with Gasteiger partial charge in [-0.05, 0) is 17.7 Å². The van der Waals surface area contributed by atoms with Crippen molar-refractivity contribution in [2.45, 2.75) is 33.1 Å². The first kappa shape index (κ1) is 18.7. The third-order valence-electron chi connectivity index (χ3n) is 4.07. The number of ketones is 1. The van der Waals surface area contributed by atoms with Crippen LogP contribution in [0, 0.1) is 5.41 Å². The zero-order valence-electron chi connectivity index (χ0n) is 15.0. The van der Waals surface area contributed by atoms with Crippen LogP contribution < -0.4 is 10.4 Å². The van der Waals surface area contributed by atoms with Gasteiger partial charge in [-0.2, -0.15) is 0 Å². The van der Waals surface area contributed by atoms with Crippen LogP contribution in [-0.4, -0.2) is 26.0 Å². The van der Waals surface area contributed by atoms with Crippen molar-refractivity contribution < 1.29 is 23.5 Å². The Labute approximate surface area is 145 Å². The maximum Gasteiger partial charge on any atom is 0.336 e. The Morgan fingerprint density at radius 2 is 1.84 bits per heavy atom. The Hall–Kier alpha value is -2.63. The van der Waals surface area contributed by atoms with E-state index in [1.807, 2.05) is 0 Å². The summed E-state index contributed by atoms with van der Waals surface area (Å²) in [7, 11) is 2.76. The van der Waals surface area contributed by atoms with Crippen molar-refractivity contribution in [2.75, 3.05) is 14.2 Å². The second-order valence-electron chi connectivity index (χ2n) is 6.84. The quantitative estimate of drug-likeness (QED) is 0.611. The van der Waals surface area contributed by atoms with Crippen molar-refractivity contribution in [2.24, 2.45) is 5.41 Å². The highest BCUT2D eigenvalue weighted by molar-refractivity contribution is 5.94. The van der Waals surface area contributed by atoms with Crippen molar-refractivity contribution >= 4 is 22.7 Å². The zero-order valence-corrected chi connectivity index (χ0v) is 15.0. The lowest BCUT2D eigenvalue weighted by molar-refractivity contribution is -0.144. The van der Waals surface area contributed by atoms with Gasteiger partial charge in [0.15, 0.2) is 0 Å². The van der Waals surface area contributed by atoms with Gasteiger partial charge in [-0.25, -0.2) is 4.79 Å². The van der Waals surface area contributed by atoms with Crippen molar-refractivity contribution in [3.8, 4) is 5.75 Å². The summed E-state index contributed by atoms with van der Waals surface area (Å²) in [5, 5.41) is 0.567. The number of fused-ring (bicyclic) bond motifs is 1. The maximum absolute atomic E-state index is 12.5. The molecule has 1 aromatic carbocycles. The molecule has 1 atom stereocenters. The summed E-state index contributed by atoms with van der Waals surface area (Å²) in [6.07, 6.45) is -0.0548. The summed E-state index contributed by atoms with van der Waals surface area (Å²) in [6, 6.07) is 6.21. The van der Waals surface area contributed by atoms with Gasteiger partial charge in [0, 0.05) is 29.4 Å². The SMILES string of the molecule is COC(=O)C(CC(=O)C(C)(C)C)c1cc(=O)oc2cc(OC)ccc12. The first-order valence-corrected chi connectivity index (χ1v) is 7.90. The molecule has 25 heavy (non-hydrogen) atoms. The molecule has 0 aliphatic carbocycles. The number of hydrogen-bond donors (Lipinski definition) is 0. The van der Waals surface area contributed by atoms with E-state index in [9.17, 15) is 14.4 Å². The second kappa shape index (κ2) is 7.09. The highest BCUT2D eigenvalue weighted by Crippen LogP contribution is 2.32. The molecule has 1 unspecified atom stereocenters. The molecular formula is C19H22O6. The molecule has 0 aliphatic heterocycles. The Kier molecular flexibility index (Phi) is 5.30. The molecule has 1 heterocycles. The number of esters is 1. The third-order valence-corrected chi connectivity index (χ3v) is 4.07. The van der Waals surface area contributed by atoms with E-state index in [0.717, 1.165) is 0 Å². The summed E-state index contributed by atoms with van der Waals surface area (Å²) in [6.45, 7) is 5.35. The Balaban J connectivity index is 2.62. The van der Waals surface area contributed by atoms with Crippen LogP contribution in [0.4, 0.5) is 0 Å². The monoisotopic (exact) mass is 346 g/mol. The van der Waals surface area contributed by atoms with E-state index in [1.165, 1.54) is 20.3 Å². The van der Waals surface area contributed by atoms with Gasteiger partial charge < -0.3 is 13.9 Å². The molecular weight excluding hydrogens is 324 g/mol. The van der Waals surface area contributed by atoms with Crippen molar-refractivity contribution in [1.29, 1.82) is 0 Å². The number of carbonyl (C=O) groups is 2. The summed E-state index contributed by atoms with van der Waals surface area (Å²) >= 11 is 0. The molecule has 2 rings (SSSR count). The van der Waals surface area contributed by atoms with Crippen LogP contribution in [0.15, 0.2) is 33.5 Å². The highest BCUT2D eigenvalue weighted by Gasteiger charge is 2.31. The van der Waals surface area contributed by atoms with E-state index in [-0.39, 0.29) is 12.2 Å². The summed E-state index contributed by atoms with van der Waals surface area (Å²) < 4.78 is 15.2.